The third kappa shape index (κ3) is 6.58. The van der Waals surface area contributed by atoms with E-state index in [2.05, 4.69) is 9.80 Å². The quantitative estimate of drug-likeness (QED) is 0.520. The summed E-state index contributed by atoms with van der Waals surface area (Å²) in [5, 5.41) is 0. The lowest BCUT2D eigenvalue weighted by molar-refractivity contribution is -0.104. The molecule has 0 atom stereocenters. The van der Waals surface area contributed by atoms with Crippen LogP contribution in [0.3, 0.4) is 0 Å². The van der Waals surface area contributed by atoms with Crippen LogP contribution in [-0.4, -0.2) is 83.3 Å². The van der Waals surface area contributed by atoms with E-state index in [4.69, 9.17) is 18.9 Å². The number of benzene rings is 1. The zero-order chi connectivity index (χ0) is 22.8. The maximum atomic E-state index is 11.3. The van der Waals surface area contributed by atoms with Crippen molar-refractivity contribution in [2.45, 2.75) is 13.8 Å². The standard InChI is InChI=1S/C24H32N2O6/c1-19(17-27)15-23-20(2)25-5-9-29-11-7-26(8-12-30-10-6-25)22-4-3-21(18-28)16-24(22)32-14-13-31-23/h3-4,15-18H,5-14H2,1-2H3. The Morgan fingerprint density at radius 2 is 1.50 bits per heavy atom. The van der Waals surface area contributed by atoms with E-state index < -0.39 is 0 Å². The van der Waals surface area contributed by atoms with Crippen molar-refractivity contribution in [2.24, 2.45) is 0 Å². The number of nitrogens with zero attached hydrogens (tertiary/aromatic N) is 2. The number of aldehydes is 2. The van der Waals surface area contributed by atoms with Crippen molar-refractivity contribution in [1.29, 1.82) is 0 Å². The molecule has 4 rings (SSSR count). The van der Waals surface area contributed by atoms with Crippen molar-refractivity contribution in [2.75, 3.05) is 70.7 Å². The fraction of sp³-hybridized carbons (Fsp3) is 0.500. The van der Waals surface area contributed by atoms with Gasteiger partial charge < -0.3 is 28.7 Å². The molecule has 0 amide bonds. The predicted molar refractivity (Wildman–Crippen MR) is 121 cm³/mol. The molecule has 3 aliphatic heterocycles. The molecule has 32 heavy (non-hydrogen) atoms. The highest BCUT2D eigenvalue weighted by Crippen LogP contribution is 2.29. The SMILES string of the molecule is CC(C=O)=CC1=C(C)N2CCOCCN(CCOCC2)c2ccc(C=O)cc2OCCO1. The number of carbonyl (C=O) groups is 2. The molecule has 0 unspecified atom stereocenters. The smallest absolute Gasteiger partial charge is 0.150 e. The topological polar surface area (TPSA) is 77.5 Å². The molecule has 0 aliphatic carbocycles. The van der Waals surface area contributed by atoms with Crippen molar-refractivity contribution < 1.29 is 28.5 Å². The van der Waals surface area contributed by atoms with Gasteiger partial charge in [0.25, 0.3) is 0 Å². The molecule has 3 heterocycles. The van der Waals surface area contributed by atoms with Gasteiger partial charge in [0.05, 0.1) is 37.8 Å². The van der Waals surface area contributed by atoms with E-state index in [9.17, 15) is 9.59 Å². The van der Waals surface area contributed by atoms with Crippen LogP contribution in [0, 0.1) is 0 Å². The Kier molecular flexibility index (Phi) is 9.13. The molecule has 8 nitrogen and oxygen atoms in total. The predicted octanol–water partition coefficient (Wildman–Crippen LogP) is 2.44. The number of fused-ring (bicyclic) bond motifs is 12. The maximum Gasteiger partial charge on any atom is 0.150 e. The Morgan fingerprint density at radius 3 is 2.12 bits per heavy atom. The van der Waals surface area contributed by atoms with Crippen LogP contribution in [-0.2, 0) is 19.0 Å². The number of hydrogen-bond acceptors (Lipinski definition) is 8. The van der Waals surface area contributed by atoms with E-state index in [-0.39, 0.29) is 0 Å². The summed E-state index contributed by atoms with van der Waals surface area (Å²) in [6.07, 6.45) is 3.36. The van der Waals surface area contributed by atoms with Crippen LogP contribution in [0.2, 0.25) is 0 Å². The second-order valence-corrected chi connectivity index (χ2v) is 7.70. The van der Waals surface area contributed by atoms with Crippen molar-refractivity contribution in [3.05, 3.63) is 46.9 Å². The van der Waals surface area contributed by atoms with Crippen molar-refractivity contribution in [3.63, 3.8) is 0 Å². The Bertz CT molecular complexity index is 837. The molecule has 1 aromatic rings. The highest BCUT2D eigenvalue weighted by molar-refractivity contribution is 5.78. The fourth-order valence-corrected chi connectivity index (χ4v) is 3.63. The van der Waals surface area contributed by atoms with Gasteiger partial charge in [0, 0.05) is 31.7 Å². The van der Waals surface area contributed by atoms with Crippen LogP contribution in [0.4, 0.5) is 5.69 Å². The van der Waals surface area contributed by atoms with Crippen LogP contribution < -0.4 is 9.64 Å². The number of anilines is 1. The minimum Gasteiger partial charge on any atom is -0.488 e. The van der Waals surface area contributed by atoms with Gasteiger partial charge in [-0.2, -0.15) is 0 Å². The summed E-state index contributed by atoms with van der Waals surface area (Å²) in [5.74, 6) is 1.23. The molecule has 2 bridgehead atoms. The van der Waals surface area contributed by atoms with E-state index in [0.717, 1.165) is 24.0 Å². The van der Waals surface area contributed by atoms with Gasteiger partial charge in [-0.1, -0.05) is 0 Å². The summed E-state index contributed by atoms with van der Waals surface area (Å²) in [4.78, 5) is 26.9. The van der Waals surface area contributed by atoms with Crippen LogP contribution in [0.1, 0.15) is 24.2 Å². The van der Waals surface area contributed by atoms with E-state index in [1.165, 1.54) is 0 Å². The first-order valence-corrected chi connectivity index (χ1v) is 11.0. The molecular formula is C24H32N2O6. The Labute approximate surface area is 189 Å². The van der Waals surface area contributed by atoms with Gasteiger partial charge in [-0.05, 0) is 43.7 Å². The van der Waals surface area contributed by atoms with Crippen LogP contribution in [0.25, 0.3) is 0 Å². The lowest BCUT2D eigenvalue weighted by Gasteiger charge is -2.29. The maximum absolute atomic E-state index is 11.3. The minimum absolute atomic E-state index is 0.293. The zero-order valence-electron chi connectivity index (χ0n) is 18.9. The number of hydrogen-bond donors (Lipinski definition) is 0. The Hall–Kier alpha value is -2.84. The fourth-order valence-electron chi connectivity index (χ4n) is 3.63. The van der Waals surface area contributed by atoms with E-state index in [1.807, 2.05) is 13.0 Å². The first kappa shape index (κ1) is 23.8. The molecule has 1 fully saturated rings. The molecule has 0 aromatic heterocycles. The second kappa shape index (κ2) is 12.3. The number of ether oxygens (including phenoxy) is 4. The highest BCUT2D eigenvalue weighted by atomic mass is 16.5. The van der Waals surface area contributed by atoms with Crippen LogP contribution >= 0.6 is 0 Å². The summed E-state index contributed by atoms with van der Waals surface area (Å²) in [5.41, 5.74) is 2.92. The summed E-state index contributed by atoms with van der Waals surface area (Å²) in [7, 11) is 0. The van der Waals surface area contributed by atoms with Gasteiger partial charge in [-0.3, -0.25) is 9.59 Å². The second-order valence-electron chi connectivity index (χ2n) is 7.70. The van der Waals surface area contributed by atoms with Gasteiger partial charge in [0.15, 0.2) is 0 Å². The lowest BCUT2D eigenvalue weighted by Crippen LogP contribution is -2.35. The first-order chi connectivity index (χ1) is 15.6. The van der Waals surface area contributed by atoms with E-state index in [0.29, 0.717) is 88.5 Å². The monoisotopic (exact) mass is 444 g/mol. The average molecular weight is 445 g/mol. The molecule has 8 heteroatoms. The normalized spacial score (nSPS) is 19.4. The lowest BCUT2D eigenvalue weighted by atomic mass is 10.2. The van der Waals surface area contributed by atoms with Crippen LogP contribution in [0.15, 0.2) is 41.3 Å². The van der Waals surface area contributed by atoms with Gasteiger partial charge >= 0.3 is 0 Å². The van der Waals surface area contributed by atoms with Crippen LogP contribution in [0.5, 0.6) is 5.75 Å². The molecule has 0 saturated carbocycles. The average Bonchev–Trinajstić information content (AvgIpc) is 2.81. The zero-order valence-corrected chi connectivity index (χ0v) is 18.9. The van der Waals surface area contributed by atoms with Crippen molar-refractivity contribution >= 4 is 18.3 Å². The summed E-state index contributed by atoms with van der Waals surface area (Å²) in [6, 6.07) is 5.43. The minimum atomic E-state index is 0.293. The van der Waals surface area contributed by atoms with Gasteiger partial charge in [0.2, 0.25) is 0 Å². The molecule has 0 N–H and O–H groups in total. The largest absolute Gasteiger partial charge is 0.488 e. The molecule has 174 valence electrons. The van der Waals surface area contributed by atoms with Crippen molar-refractivity contribution in [3.8, 4) is 5.75 Å². The number of allylic oxidation sites excluding steroid dienone is 3. The third-order valence-electron chi connectivity index (χ3n) is 5.46. The number of rotatable bonds is 3. The molecule has 3 aliphatic rings. The van der Waals surface area contributed by atoms with Crippen molar-refractivity contribution in [1.82, 2.24) is 4.90 Å². The highest BCUT2D eigenvalue weighted by Gasteiger charge is 2.17. The number of carbonyl (C=O) groups excluding carboxylic acids is 2. The Morgan fingerprint density at radius 1 is 0.875 bits per heavy atom. The third-order valence-corrected chi connectivity index (χ3v) is 5.46. The molecule has 1 aromatic carbocycles. The summed E-state index contributed by atoms with van der Waals surface area (Å²) in [6.45, 7) is 9.26. The van der Waals surface area contributed by atoms with E-state index in [1.54, 1.807) is 25.1 Å². The van der Waals surface area contributed by atoms with Gasteiger partial charge in [0.1, 0.15) is 37.3 Å². The van der Waals surface area contributed by atoms with E-state index >= 15 is 0 Å². The summed E-state index contributed by atoms with van der Waals surface area (Å²) >= 11 is 0. The van der Waals surface area contributed by atoms with Gasteiger partial charge in [-0.25, -0.2) is 0 Å². The molecule has 1 saturated heterocycles. The molecule has 0 spiro atoms. The molecular weight excluding hydrogens is 412 g/mol. The Balaban J connectivity index is 1.97. The first-order valence-electron chi connectivity index (χ1n) is 11.0. The molecule has 0 radical (unpaired) electrons. The van der Waals surface area contributed by atoms with Gasteiger partial charge in [-0.15, -0.1) is 0 Å². The summed E-state index contributed by atoms with van der Waals surface area (Å²) < 4.78 is 23.9.